The van der Waals surface area contributed by atoms with E-state index in [2.05, 4.69) is 0 Å². The van der Waals surface area contributed by atoms with Crippen molar-refractivity contribution in [2.75, 3.05) is 13.2 Å². The quantitative estimate of drug-likeness (QED) is 0.789. The first kappa shape index (κ1) is 16.1. The Kier molecular flexibility index (Phi) is 6.99. The molecule has 0 aromatic heterocycles. The van der Waals surface area contributed by atoms with Gasteiger partial charge in [0, 0.05) is 12.6 Å². The van der Waals surface area contributed by atoms with Gasteiger partial charge in [-0.2, -0.15) is 0 Å². The average Bonchev–Trinajstić information content (AvgIpc) is 2.42. The summed E-state index contributed by atoms with van der Waals surface area (Å²) in [4.78, 5) is 0. The summed E-state index contributed by atoms with van der Waals surface area (Å²) < 4.78 is 24.3. The topological polar surface area (TPSA) is 44.5 Å². The SMILES string of the molecule is CCOCC(C)OC(c1ccc(F)cc1)C(N)CC. The molecule has 0 amide bonds. The molecule has 0 spiro atoms. The summed E-state index contributed by atoms with van der Waals surface area (Å²) in [6.07, 6.45) is 0.511. The Morgan fingerprint density at radius 3 is 2.37 bits per heavy atom. The fourth-order valence-electron chi connectivity index (χ4n) is 1.87. The first-order valence-corrected chi connectivity index (χ1v) is 6.82. The van der Waals surface area contributed by atoms with Gasteiger partial charge in [-0.05, 0) is 38.0 Å². The summed E-state index contributed by atoms with van der Waals surface area (Å²) in [6.45, 7) is 7.10. The molecule has 1 rings (SSSR count). The van der Waals surface area contributed by atoms with Crippen LogP contribution in [0.4, 0.5) is 4.39 Å². The number of rotatable bonds is 8. The van der Waals surface area contributed by atoms with Gasteiger partial charge in [-0.15, -0.1) is 0 Å². The van der Waals surface area contributed by atoms with Crippen LogP contribution in [0.3, 0.4) is 0 Å². The third kappa shape index (κ3) is 5.27. The second-order valence-corrected chi connectivity index (χ2v) is 4.65. The van der Waals surface area contributed by atoms with Gasteiger partial charge in [0.25, 0.3) is 0 Å². The molecular formula is C15H24FNO2. The molecule has 1 aromatic rings. The van der Waals surface area contributed by atoms with Crippen LogP contribution < -0.4 is 5.73 Å². The molecule has 2 N–H and O–H groups in total. The van der Waals surface area contributed by atoms with Crippen LogP contribution >= 0.6 is 0 Å². The predicted octanol–water partition coefficient (Wildman–Crippen LogP) is 3.05. The van der Waals surface area contributed by atoms with Gasteiger partial charge >= 0.3 is 0 Å². The average molecular weight is 269 g/mol. The smallest absolute Gasteiger partial charge is 0.123 e. The molecule has 3 atom stereocenters. The molecule has 0 aliphatic carbocycles. The summed E-state index contributed by atoms with van der Waals surface area (Å²) in [5.41, 5.74) is 7.01. The van der Waals surface area contributed by atoms with Gasteiger partial charge in [0.1, 0.15) is 5.82 Å². The Morgan fingerprint density at radius 1 is 1.21 bits per heavy atom. The Labute approximate surface area is 114 Å². The zero-order valence-corrected chi connectivity index (χ0v) is 11.9. The number of ether oxygens (including phenoxy) is 2. The van der Waals surface area contributed by atoms with Crippen molar-refractivity contribution in [1.82, 2.24) is 0 Å². The normalized spacial score (nSPS) is 16.1. The van der Waals surface area contributed by atoms with E-state index in [9.17, 15) is 4.39 Å². The van der Waals surface area contributed by atoms with Crippen molar-refractivity contribution >= 4 is 0 Å². The highest BCUT2D eigenvalue weighted by molar-refractivity contribution is 5.20. The third-order valence-corrected chi connectivity index (χ3v) is 2.99. The van der Waals surface area contributed by atoms with Crippen molar-refractivity contribution in [1.29, 1.82) is 0 Å². The van der Waals surface area contributed by atoms with Crippen molar-refractivity contribution in [3.63, 3.8) is 0 Å². The zero-order chi connectivity index (χ0) is 14.3. The molecule has 0 aliphatic rings. The van der Waals surface area contributed by atoms with E-state index in [1.165, 1.54) is 12.1 Å². The lowest BCUT2D eigenvalue weighted by atomic mass is 10.0. The Bertz CT molecular complexity index is 356. The van der Waals surface area contributed by atoms with Crippen LogP contribution in [0.25, 0.3) is 0 Å². The maximum atomic E-state index is 13.0. The second-order valence-electron chi connectivity index (χ2n) is 4.65. The van der Waals surface area contributed by atoms with Gasteiger partial charge in [-0.1, -0.05) is 19.1 Å². The van der Waals surface area contributed by atoms with Crippen molar-refractivity contribution < 1.29 is 13.9 Å². The summed E-state index contributed by atoms with van der Waals surface area (Å²) in [6, 6.07) is 6.20. The lowest BCUT2D eigenvalue weighted by Gasteiger charge is -2.27. The molecule has 0 aliphatic heterocycles. The zero-order valence-electron chi connectivity index (χ0n) is 11.9. The van der Waals surface area contributed by atoms with E-state index in [1.807, 2.05) is 20.8 Å². The first-order valence-electron chi connectivity index (χ1n) is 6.82. The van der Waals surface area contributed by atoms with E-state index in [-0.39, 0.29) is 24.1 Å². The molecule has 0 radical (unpaired) electrons. The van der Waals surface area contributed by atoms with E-state index in [0.717, 1.165) is 12.0 Å². The Morgan fingerprint density at radius 2 is 1.84 bits per heavy atom. The highest BCUT2D eigenvalue weighted by Gasteiger charge is 2.21. The predicted molar refractivity (Wildman–Crippen MR) is 74.4 cm³/mol. The summed E-state index contributed by atoms with van der Waals surface area (Å²) in [5.74, 6) is -0.255. The number of hydrogen-bond acceptors (Lipinski definition) is 3. The summed E-state index contributed by atoms with van der Waals surface area (Å²) >= 11 is 0. The lowest BCUT2D eigenvalue weighted by molar-refractivity contribution is -0.0574. The summed E-state index contributed by atoms with van der Waals surface area (Å²) in [7, 11) is 0. The van der Waals surface area contributed by atoms with Gasteiger partial charge in [0.2, 0.25) is 0 Å². The maximum absolute atomic E-state index is 13.0. The van der Waals surface area contributed by atoms with Gasteiger partial charge < -0.3 is 15.2 Å². The molecular weight excluding hydrogens is 245 g/mol. The van der Waals surface area contributed by atoms with E-state index in [1.54, 1.807) is 12.1 Å². The first-order chi connectivity index (χ1) is 9.08. The van der Waals surface area contributed by atoms with Gasteiger partial charge in [0.05, 0.1) is 18.8 Å². The highest BCUT2D eigenvalue weighted by Crippen LogP contribution is 2.24. The molecule has 0 heterocycles. The van der Waals surface area contributed by atoms with E-state index < -0.39 is 0 Å². The highest BCUT2D eigenvalue weighted by atomic mass is 19.1. The minimum Gasteiger partial charge on any atom is -0.379 e. The summed E-state index contributed by atoms with van der Waals surface area (Å²) in [5, 5.41) is 0. The second kappa shape index (κ2) is 8.25. The van der Waals surface area contributed by atoms with Crippen LogP contribution in [0.2, 0.25) is 0 Å². The van der Waals surface area contributed by atoms with Gasteiger partial charge in [-0.25, -0.2) is 4.39 Å². The number of benzene rings is 1. The molecule has 3 nitrogen and oxygen atoms in total. The van der Waals surface area contributed by atoms with Crippen molar-refractivity contribution in [3.8, 4) is 0 Å². The fourth-order valence-corrected chi connectivity index (χ4v) is 1.87. The lowest BCUT2D eigenvalue weighted by Crippen LogP contribution is -2.33. The monoisotopic (exact) mass is 269 g/mol. The molecule has 0 saturated carbocycles. The van der Waals surface area contributed by atoms with Crippen LogP contribution in [0.5, 0.6) is 0 Å². The molecule has 0 saturated heterocycles. The van der Waals surface area contributed by atoms with Gasteiger partial charge in [-0.3, -0.25) is 0 Å². The van der Waals surface area contributed by atoms with Crippen molar-refractivity contribution in [2.45, 2.75) is 45.4 Å². The molecule has 0 fully saturated rings. The minimum absolute atomic E-state index is 0.0485. The van der Waals surface area contributed by atoms with Crippen LogP contribution in [0.15, 0.2) is 24.3 Å². The number of nitrogens with two attached hydrogens (primary N) is 1. The van der Waals surface area contributed by atoms with E-state index in [4.69, 9.17) is 15.2 Å². The Hall–Kier alpha value is -0.970. The van der Waals surface area contributed by atoms with Crippen LogP contribution in [0.1, 0.15) is 38.9 Å². The molecule has 3 unspecified atom stereocenters. The van der Waals surface area contributed by atoms with Crippen LogP contribution in [0, 0.1) is 5.82 Å². The third-order valence-electron chi connectivity index (χ3n) is 2.99. The molecule has 1 aromatic carbocycles. The van der Waals surface area contributed by atoms with Crippen LogP contribution in [-0.4, -0.2) is 25.4 Å². The van der Waals surface area contributed by atoms with Crippen molar-refractivity contribution in [3.05, 3.63) is 35.6 Å². The van der Waals surface area contributed by atoms with E-state index >= 15 is 0 Å². The van der Waals surface area contributed by atoms with Gasteiger partial charge in [0.15, 0.2) is 0 Å². The van der Waals surface area contributed by atoms with Crippen LogP contribution in [-0.2, 0) is 9.47 Å². The maximum Gasteiger partial charge on any atom is 0.123 e. The van der Waals surface area contributed by atoms with Crippen molar-refractivity contribution in [2.24, 2.45) is 5.73 Å². The largest absolute Gasteiger partial charge is 0.379 e. The molecule has 108 valence electrons. The number of hydrogen-bond donors (Lipinski definition) is 1. The van der Waals surface area contributed by atoms with E-state index in [0.29, 0.717) is 13.2 Å². The number of halogens is 1. The fraction of sp³-hybridized carbons (Fsp3) is 0.600. The molecule has 19 heavy (non-hydrogen) atoms. The standard InChI is InChI=1S/C15H24FNO2/c1-4-14(17)15(19-11(3)10-18-5-2)12-6-8-13(16)9-7-12/h6-9,11,14-15H,4-5,10,17H2,1-3H3. The minimum atomic E-state index is -0.255. The Balaban J connectivity index is 2.74. The molecule has 0 bridgehead atoms. The molecule has 4 heteroatoms.